The number of aromatic nitrogens is 3. The molecule has 0 spiro atoms. The van der Waals surface area contributed by atoms with Crippen molar-refractivity contribution in [1.29, 1.82) is 0 Å². The molecule has 2 rings (SSSR count). The van der Waals surface area contributed by atoms with E-state index in [0.29, 0.717) is 24.3 Å². The molecule has 0 aliphatic heterocycles. The minimum atomic E-state index is -0.0641. The van der Waals surface area contributed by atoms with E-state index in [1.54, 1.807) is 34.0 Å². The molecule has 2 heterocycles. The smallest absolute Gasteiger partial charge is 0.255 e. The van der Waals surface area contributed by atoms with Crippen LogP contribution in [0.1, 0.15) is 36.5 Å². The molecule has 6 nitrogen and oxygen atoms in total. The van der Waals surface area contributed by atoms with Gasteiger partial charge in [0.25, 0.3) is 5.91 Å². The fourth-order valence-electron chi connectivity index (χ4n) is 2.12. The van der Waals surface area contributed by atoms with Crippen molar-refractivity contribution in [2.45, 2.75) is 26.2 Å². The normalized spacial score (nSPS) is 10.9. The Morgan fingerprint density at radius 1 is 1.35 bits per heavy atom. The van der Waals surface area contributed by atoms with E-state index in [9.17, 15) is 4.79 Å². The Balaban J connectivity index is 2.12. The number of pyridine rings is 1. The first-order valence-electron chi connectivity index (χ1n) is 6.95. The van der Waals surface area contributed by atoms with E-state index < -0.39 is 0 Å². The molecule has 1 amide bonds. The minimum absolute atomic E-state index is 0.0211. The second-order valence-electron chi connectivity index (χ2n) is 4.74. The van der Waals surface area contributed by atoms with Gasteiger partial charge in [-0.15, -0.1) is 10.2 Å². The summed E-state index contributed by atoms with van der Waals surface area (Å²) < 4.78 is 1.72. The zero-order valence-electron chi connectivity index (χ0n) is 11.7. The molecule has 0 aliphatic rings. The summed E-state index contributed by atoms with van der Waals surface area (Å²) in [5, 5.41) is 16.8. The highest BCUT2D eigenvalue weighted by atomic mass is 16.3. The molecule has 6 heteroatoms. The van der Waals surface area contributed by atoms with Crippen LogP contribution in [0.25, 0.3) is 5.65 Å². The van der Waals surface area contributed by atoms with Crippen molar-refractivity contribution >= 4 is 11.6 Å². The summed E-state index contributed by atoms with van der Waals surface area (Å²) in [5.74, 6) is -0.0641. The first kappa shape index (κ1) is 14.5. The molecule has 0 aromatic carbocycles. The number of carbonyl (C=O) groups excluding carboxylic acids is 1. The van der Waals surface area contributed by atoms with Crippen LogP contribution in [0.4, 0.5) is 0 Å². The van der Waals surface area contributed by atoms with Gasteiger partial charge in [-0.25, -0.2) is 0 Å². The van der Waals surface area contributed by atoms with Crippen LogP contribution in [-0.2, 0) is 0 Å². The molecular formula is C14H20N4O2. The van der Waals surface area contributed by atoms with Crippen molar-refractivity contribution in [3.05, 3.63) is 30.2 Å². The summed E-state index contributed by atoms with van der Waals surface area (Å²) in [6, 6.07) is 3.51. The average Bonchev–Trinajstić information content (AvgIpc) is 2.93. The van der Waals surface area contributed by atoms with Crippen molar-refractivity contribution < 1.29 is 9.90 Å². The summed E-state index contributed by atoms with van der Waals surface area (Å²) >= 11 is 0. The second-order valence-corrected chi connectivity index (χ2v) is 4.74. The Hall–Kier alpha value is -1.95. The van der Waals surface area contributed by atoms with Gasteiger partial charge in [0.05, 0.1) is 12.2 Å². The quantitative estimate of drug-likeness (QED) is 0.775. The van der Waals surface area contributed by atoms with Gasteiger partial charge in [-0.1, -0.05) is 19.8 Å². The molecule has 0 saturated heterocycles. The molecule has 2 aromatic heterocycles. The molecule has 0 unspecified atom stereocenters. The third-order valence-electron chi connectivity index (χ3n) is 3.23. The van der Waals surface area contributed by atoms with Crippen molar-refractivity contribution in [3.63, 3.8) is 0 Å². The molecule has 0 aliphatic carbocycles. The number of aliphatic hydroxyl groups is 1. The average molecular weight is 276 g/mol. The lowest BCUT2D eigenvalue weighted by Crippen LogP contribution is -2.34. The van der Waals surface area contributed by atoms with E-state index in [0.717, 1.165) is 19.3 Å². The molecule has 108 valence electrons. The lowest BCUT2D eigenvalue weighted by atomic mass is 10.2. The van der Waals surface area contributed by atoms with Crippen LogP contribution >= 0.6 is 0 Å². The molecule has 0 atom stereocenters. The third-order valence-corrected chi connectivity index (χ3v) is 3.23. The van der Waals surface area contributed by atoms with Crippen molar-refractivity contribution in [2.24, 2.45) is 0 Å². The fraction of sp³-hybridized carbons (Fsp3) is 0.500. The van der Waals surface area contributed by atoms with Crippen LogP contribution in [0.5, 0.6) is 0 Å². The van der Waals surface area contributed by atoms with Gasteiger partial charge in [0.1, 0.15) is 6.33 Å². The van der Waals surface area contributed by atoms with E-state index in [1.165, 1.54) is 0 Å². The summed E-state index contributed by atoms with van der Waals surface area (Å²) in [5.41, 5.74) is 1.29. The predicted octanol–water partition coefficient (Wildman–Crippen LogP) is 1.35. The number of hydrogen-bond donors (Lipinski definition) is 1. The summed E-state index contributed by atoms with van der Waals surface area (Å²) in [7, 11) is 0. The zero-order valence-corrected chi connectivity index (χ0v) is 11.7. The van der Waals surface area contributed by atoms with Gasteiger partial charge in [0.15, 0.2) is 5.65 Å². The SMILES string of the molecule is CCCCCN(CCO)C(=O)c1ccc2nncn2c1. The Labute approximate surface area is 118 Å². The maximum absolute atomic E-state index is 12.5. The van der Waals surface area contributed by atoms with Gasteiger partial charge in [0.2, 0.25) is 0 Å². The number of amides is 1. The predicted molar refractivity (Wildman–Crippen MR) is 75.5 cm³/mol. The van der Waals surface area contributed by atoms with E-state index in [2.05, 4.69) is 17.1 Å². The largest absolute Gasteiger partial charge is 0.395 e. The van der Waals surface area contributed by atoms with Crippen LogP contribution in [0.3, 0.4) is 0 Å². The molecule has 0 saturated carbocycles. The Morgan fingerprint density at radius 2 is 2.20 bits per heavy atom. The first-order chi connectivity index (χ1) is 9.76. The summed E-state index contributed by atoms with van der Waals surface area (Å²) in [6.45, 7) is 3.14. The molecular weight excluding hydrogens is 256 g/mol. The lowest BCUT2D eigenvalue weighted by Gasteiger charge is -2.21. The van der Waals surface area contributed by atoms with Crippen LogP contribution in [0.15, 0.2) is 24.7 Å². The third kappa shape index (κ3) is 3.33. The molecule has 0 bridgehead atoms. The molecule has 1 N–H and O–H groups in total. The van der Waals surface area contributed by atoms with Crippen molar-refractivity contribution in [2.75, 3.05) is 19.7 Å². The van der Waals surface area contributed by atoms with Gasteiger partial charge in [-0.2, -0.15) is 0 Å². The number of unbranched alkanes of at least 4 members (excludes halogenated alkanes) is 2. The minimum Gasteiger partial charge on any atom is -0.395 e. The van der Waals surface area contributed by atoms with Gasteiger partial charge in [0, 0.05) is 19.3 Å². The highest BCUT2D eigenvalue weighted by molar-refractivity contribution is 5.94. The Kier molecular flexibility index (Phi) is 5.06. The molecule has 20 heavy (non-hydrogen) atoms. The van der Waals surface area contributed by atoms with Gasteiger partial charge < -0.3 is 10.0 Å². The second kappa shape index (κ2) is 7.00. The number of carbonyl (C=O) groups is 1. The summed E-state index contributed by atoms with van der Waals surface area (Å²) in [6.07, 6.45) is 6.44. The number of nitrogens with zero attached hydrogens (tertiary/aromatic N) is 4. The van der Waals surface area contributed by atoms with Gasteiger partial charge >= 0.3 is 0 Å². The first-order valence-corrected chi connectivity index (χ1v) is 6.95. The highest BCUT2D eigenvalue weighted by Crippen LogP contribution is 2.09. The topological polar surface area (TPSA) is 70.7 Å². The monoisotopic (exact) mass is 276 g/mol. The van der Waals surface area contributed by atoms with Crippen LogP contribution < -0.4 is 0 Å². The Morgan fingerprint density at radius 3 is 2.95 bits per heavy atom. The molecule has 0 radical (unpaired) electrons. The number of fused-ring (bicyclic) bond motifs is 1. The van der Waals surface area contributed by atoms with Crippen molar-refractivity contribution in [3.8, 4) is 0 Å². The van der Waals surface area contributed by atoms with Crippen LogP contribution in [0, 0.1) is 0 Å². The molecule has 2 aromatic rings. The van der Waals surface area contributed by atoms with E-state index in [1.807, 2.05) is 0 Å². The van der Waals surface area contributed by atoms with Gasteiger partial charge in [-0.05, 0) is 18.6 Å². The van der Waals surface area contributed by atoms with Crippen LogP contribution in [0.2, 0.25) is 0 Å². The standard InChI is InChI=1S/C14H20N4O2/c1-2-3-4-7-17(8-9-19)14(20)12-5-6-13-16-15-11-18(13)10-12/h5-6,10-11,19H,2-4,7-9H2,1H3. The van der Waals surface area contributed by atoms with Crippen LogP contribution in [-0.4, -0.2) is 50.2 Å². The number of rotatable bonds is 7. The Bertz CT molecular complexity index is 567. The maximum Gasteiger partial charge on any atom is 0.255 e. The molecule has 0 fully saturated rings. The van der Waals surface area contributed by atoms with E-state index in [-0.39, 0.29) is 12.5 Å². The maximum atomic E-state index is 12.5. The van der Waals surface area contributed by atoms with Crippen molar-refractivity contribution in [1.82, 2.24) is 19.5 Å². The number of hydrogen-bond acceptors (Lipinski definition) is 4. The zero-order chi connectivity index (χ0) is 14.4. The fourth-order valence-corrected chi connectivity index (χ4v) is 2.12. The summed E-state index contributed by atoms with van der Waals surface area (Å²) in [4.78, 5) is 14.2. The van der Waals surface area contributed by atoms with E-state index in [4.69, 9.17) is 5.11 Å². The lowest BCUT2D eigenvalue weighted by molar-refractivity contribution is 0.0718. The number of aliphatic hydroxyl groups excluding tert-OH is 1. The van der Waals surface area contributed by atoms with E-state index >= 15 is 0 Å². The van der Waals surface area contributed by atoms with Gasteiger partial charge in [-0.3, -0.25) is 9.20 Å². The highest BCUT2D eigenvalue weighted by Gasteiger charge is 2.15.